The second-order valence-corrected chi connectivity index (χ2v) is 9.88. The fourth-order valence-corrected chi connectivity index (χ4v) is 4.31. The SMILES string of the molecule is CCC(C)c1ccccc1OC(C)C(=O)Nc1ccc(S(=O)(=O)Nc2nc(C)cc(C)n2)cc1. The van der Waals surface area contributed by atoms with Crippen molar-refractivity contribution in [2.45, 2.75) is 58.0 Å². The quantitative estimate of drug-likeness (QED) is 0.453. The molecule has 0 saturated carbocycles. The van der Waals surface area contributed by atoms with Crippen molar-refractivity contribution < 1.29 is 17.9 Å². The maximum Gasteiger partial charge on any atom is 0.265 e. The Labute approximate surface area is 200 Å². The average Bonchev–Trinajstić information content (AvgIpc) is 2.78. The predicted molar refractivity (Wildman–Crippen MR) is 133 cm³/mol. The van der Waals surface area contributed by atoms with Crippen LogP contribution in [0.4, 0.5) is 11.6 Å². The molecule has 1 heterocycles. The van der Waals surface area contributed by atoms with Crippen molar-refractivity contribution in [1.82, 2.24) is 9.97 Å². The number of ether oxygens (including phenoxy) is 1. The number of carbonyl (C=O) groups excluding carboxylic acids is 1. The molecule has 0 bridgehead atoms. The summed E-state index contributed by atoms with van der Waals surface area (Å²) in [6, 6.07) is 15.3. The second kappa shape index (κ2) is 10.6. The number of hydrogen-bond donors (Lipinski definition) is 2. The van der Waals surface area contributed by atoms with Crippen LogP contribution in [-0.4, -0.2) is 30.4 Å². The highest BCUT2D eigenvalue weighted by atomic mass is 32.2. The lowest BCUT2D eigenvalue weighted by molar-refractivity contribution is -0.122. The molecule has 2 atom stereocenters. The molecular formula is C25H30N4O4S. The van der Waals surface area contributed by atoms with Crippen LogP contribution in [-0.2, 0) is 14.8 Å². The molecule has 1 amide bonds. The predicted octanol–water partition coefficient (Wildman–Crippen LogP) is 4.81. The van der Waals surface area contributed by atoms with Gasteiger partial charge in [0.05, 0.1) is 4.90 Å². The van der Waals surface area contributed by atoms with E-state index in [4.69, 9.17) is 4.74 Å². The average molecular weight is 483 g/mol. The summed E-state index contributed by atoms with van der Waals surface area (Å²) in [5.41, 5.74) is 2.83. The number of para-hydroxylation sites is 1. The number of amides is 1. The number of benzene rings is 2. The highest BCUT2D eigenvalue weighted by Gasteiger charge is 2.19. The van der Waals surface area contributed by atoms with Crippen LogP contribution in [0.1, 0.15) is 50.1 Å². The second-order valence-electron chi connectivity index (χ2n) is 8.20. The molecule has 180 valence electrons. The van der Waals surface area contributed by atoms with Gasteiger partial charge in [0.1, 0.15) is 5.75 Å². The topological polar surface area (TPSA) is 110 Å². The number of nitrogens with one attached hydrogen (secondary N) is 2. The van der Waals surface area contributed by atoms with Crippen LogP contribution in [0.2, 0.25) is 0 Å². The Hall–Kier alpha value is -3.46. The van der Waals surface area contributed by atoms with E-state index in [-0.39, 0.29) is 16.8 Å². The lowest BCUT2D eigenvalue weighted by Gasteiger charge is -2.19. The largest absolute Gasteiger partial charge is 0.481 e. The van der Waals surface area contributed by atoms with E-state index in [1.54, 1.807) is 26.8 Å². The lowest BCUT2D eigenvalue weighted by Crippen LogP contribution is -2.30. The fraction of sp³-hybridized carbons (Fsp3) is 0.320. The molecule has 2 aromatic carbocycles. The van der Waals surface area contributed by atoms with Crippen LogP contribution in [0.5, 0.6) is 5.75 Å². The van der Waals surface area contributed by atoms with E-state index in [1.807, 2.05) is 24.3 Å². The molecule has 0 fully saturated rings. The summed E-state index contributed by atoms with van der Waals surface area (Å²) in [7, 11) is -3.88. The first-order valence-corrected chi connectivity index (χ1v) is 12.6. The number of anilines is 2. The Morgan fingerprint density at radius 2 is 1.62 bits per heavy atom. The number of aromatic nitrogens is 2. The highest BCUT2D eigenvalue weighted by molar-refractivity contribution is 7.92. The molecule has 3 rings (SSSR count). The van der Waals surface area contributed by atoms with Gasteiger partial charge in [-0.05, 0) is 75.1 Å². The third kappa shape index (κ3) is 6.32. The summed E-state index contributed by atoms with van der Waals surface area (Å²) in [6.07, 6.45) is 0.220. The Balaban J connectivity index is 1.66. The molecule has 3 aromatic rings. The van der Waals surface area contributed by atoms with Crippen LogP contribution in [0, 0.1) is 13.8 Å². The third-order valence-electron chi connectivity index (χ3n) is 5.38. The molecule has 8 nitrogen and oxygen atoms in total. The van der Waals surface area contributed by atoms with Crippen molar-refractivity contribution in [2.75, 3.05) is 10.0 Å². The van der Waals surface area contributed by atoms with Gasteiger partial charge in [0, 0.05) is 17.1 Å². The van der Waals surface area contributed by atoms with Gasteiger partial charge in [-0.25, -0.2) is 23.1 Å². The van der Waals surface area contributed by atoms with E-state index in [9.17, 15) is 13.2 Å². The van der Waals surface area contributed by atoms with E-state index in [1.165, 1.54) is 24.3 Å². The summed E-state index contributed by atoms with van der Waals surface area (Å²) in [5.74, 6) is 0.666. The first kappa shape index (κ1) is 25.2. The van der Waals surface area contributed by atoms with E-state index >= 15 is 0 Å². The summed E-state index contributed by atoms with van der Waals surface area (Å²) in [4.78, 5) is 20.9. The van der Waals surface area contributed by atoms with E-state index in [0.29, 0.717) is 28.7 Å². The number of nitrogens with zero attached hydrogens (tertiary/aromatic N) is 2. The van der Waals surface area contributed by atoms with Crippen LogP contribution < -0.4 is 14.8 Å². The Morgan fingerprint density at radius 3 is 2.24 bits per heavy atom. The minimum atomic E-state index is -3.88. The summed E-state index contributed by atoms with van der Waals surface area (Å²) < 4.78 is 33.7. The lowest BCUT2D eigenvalue weighted by atomic mass is 9.98. The van der Waals surface area contributed by atoms with Gasteiger partial charge < -0.3 is 10.1 Å². The number of aryl methyl sites for hydroxylation is 2. The zero-order valence-corrected chi connectivity index (χ0v) is 20.8. The molecule has 0 aliphatic carbocycles. The van der Waals surface area contributed by atoms with Crippen molar-refractivity contribution in [3.8, 4) is 5.75 Å². The molecule has 0 aliphatic rings. The number of rotatable bonds is 9. The molecule has 34 heavy (non-hydrogen) atoms. The van der Waals surface area contributed by atoms with Crippen LogP contribution >= 0.6 is 0 Å². The maximum absolute atomic E-state index is 12.7. The molecule has 0 aliphatic heterocycles. The third-order valence-corrected chi connectivity index (χ3v) is 6.72. The minimum Gasteiger partial charge on any atom is -0.481 e. The standard InChI is InChI=1S/C25H30N4O4S/c1-6-16(2)22-9-7-8-10-23(22)33-19(5)24(30)28-20-11-13-21(14-12-20)34(31,32)29-25-26-17(3)15-18(4)27-25/h7-16,19H,6H2,1-5H3,(H,28,30)(H,26,27,29). The number of hydrogen-bond acceptors (Lipinski definition) is 6. The first-order valence-electron chi connectivity index (χ1n) is 11.1. The van der Waals surface area contributed by atoms with Gasteiger partial charge in [0.2, 0.25) is 5.95 Å². The first-order chi connectivity index (χ1) is 16.1. The van der Waals surface area contributed by atoms with Crippen molar-refractivity contribution in [3.63, 3.8) is 0 Å². The van der Waals surface area contributed by atoms with Crippen molar-refractivity contribution in [1.29, 1.82) is 0 Å². The van der Waals surface area contributed by atoms with Gasteiger partial charge in [0.15, 0.2) is 6.10 Å². The smallest absolute Gasteiger partial charge is 0.265 e. The summed E-state index contributed by atoms with van der Waals surface area (Å²) >= 11 is 0. The minimum absolute atomic E-state index is 0.0125. The molecule has 1 aromatic heterocycles. The summed E-state index contributed by atoms with van der Waals surface area (Å²) in [6.45, 7) is 9.42. The van der Waals surface area contributed by atoms with Gasteiger partial charge in [0.25, 0.3) is 15.9 Å². The maximum atomic E-state index is 12.7. The van der Waals surface area contributed by atoms with Crippen molar-refractivity contribution in [3.05, 3.63) is 71.5 Å². The molecule has 0 saturated heterocycles. The van der Waals surface area contributed by atoms with Gasteiger partial charge in [-0.2, -0.15) is 0 Å². The molecular weight excluding hydrogens is 452 g/mol. The van der Waals surface area contributed by atoms with Crippen LogP contribution in [0.3, 0.4) is 0 Å². The summed E-state index contributed by atoms with van der Waals surface area (Å²) in [5, 5.41) is 2.76. The normalized spacial score (nSPS) is 13.1. The highest BCUT2D eigenvalue weighted by Crippen LogP contribution is 2.29. The van der Waals surface area contributed by atoms with Crippen molar-refractivity contribution >= 4 is 27.6 Å². The monoisotopic (exact) mass is 482 g/mol. The molecule has 2 N–H and O–H groups in total. The Bertz CT molecular complexity index is 1240. The van der Waals surface area contributed by atoms with Crippen molar-refractivity contribution in [2.24, 2.45) is 0 Å². The number of sulfonamides is 1. The van der Waals surface area contributed by atoms with Crippen LogP contribution in [0.25, 0.3) is 0 Å². The van der Waals surface area contributed by atoms with Gasteiger partial charge in [-0.1, -0.05) is 32.0 Å². The fourth-order valence-electron chi connectivity index (χ4n) is 3.37. The van der Waals surface area contributed by atoms with Gasteiger partial charge in [-0.3, -0.25) is 4.79 Å². The van der Waals surface area contributed by atoms with E-state index in [2.05, 4.69) is 33.9 Å². The zero-order valence-electron chi connectivity index (χ0n) is 20.0. The van der Waals surface area contributed by atoms with E-state index < -0.39 is 16.1 Å². The number of carbonyl (C=O) groups is 1. The zero-order chi connectivity index (χ0) is 24.9. The molecule has 2 unspecified atom stereocenters. The van der Waals surface area contributed by atoms with Crippen LogP contribution in [0.15, 0.2) is 59.5 Å². The molecule has 0 spiro atoms. The van der Waals surface area contributed by atoms with Gasteiger partial charge >= 0.3 is 0 Å². The molecule has 0 radical (unpaired) electrons. The Kier molecular flexibility index (Phi) is 7.88. The Morgan fingerprint density at radius 1 is 1.00 bits per heavy atom. The van der Waals surface area contributed by atoms with E-state index in [0.717, 1.165) is 12.0 Å². The van der Waals surface area contributed by atoms with Gasteiger partial charge in [-0.15, -0.1) is 0 Å². The molecule has 9 heteroatoms.